The van der Waals surface area contributed by atoms with Gasteiger partial charge in [0, 0.05) is 5.56 Å². The first kappa shape index (κ1) is 17.9. The molecule has 0 aliphatic rings. The molecule has 0 unspecified atom stereocenters. The van der Waals surface area contributed by atoms with Crippen LogP contribution in [0.25, 0.3) is 17.0 Å². The Morgan fingerprint density at radius 1 is 1.25 bits per heavy atom. The van der Waals surface area contributed by atoms with Crippen LogP contribution < -0.4 is 5.32 Å². The minimum absolute atomic E-state index is 0.00583. The Balaban J connectivity index is 1.64. The number of aromatic hydroxyl groups is 1. The smallest absolute Gasteiger partial charge is 0.154 e. The minimum atomic E-state index is -0.423. The van der Waals surface area contributed by atoms with E-state index < -0.39 is 5.82 Å². The van der Waals surface area contributed by atoms with E-state index in [1.165, 1.54) is 22.9 Å². The largest absolute Gasteiger partial charge is 0.508 e. The van der Waals surface area contributed by atoms with Crippen molar-refractivity contribution in [3.63, 3.8) is 0 Å². The van der Waals surface area contributed by atoms with Crippen molar-refractivity contribution in [1.29, 1.82) is 0 Å². The van der Waals surface area contributed by atoms with Gasteiger partial charge in [-0.25, -0.2) is 18.6 Å². The van der Waals surface area contributed by atoms with Gasteiger partial charge in [-0.05, 0) is 37.3 Å². The van der Waals surface area contributed by atoms with E-state index in [0.717, 1.165) is 0 Å². The molecule has 0 fully saturated rings. The van der Waals surface area contributed by atoms with Crippen LogP contribution in [0.1, 0.15) is 18.5 Å². The summed E-state index contributed by atoms with van der Waals surface area (Å²) >= 11 is 0. The maximum atomic E-state index is 13.5. The zero-order valence-electron chi connectivity index (χ0n) is 15.0. The number of hydrogen-bond acceptors (Lipinski definition) is 7. The molecule has 144 valence electrons. The molecule has 10 heteroatoms. The molecule has 9 nitrogen and oxygen atoms in total. The molecule has 0 saturated heterocycles. The van der Waals surface area contributed by atoms with Crippen molar-refractivity contribution in [3.05, 3.63) is 54.1 Å². The highest BCUT2D eigenvalue weighted by molar-refractivity contribution is 5.59. The third-order valence-electron chi connectivity index (χ3n) is 4.31. The molecular weight excluding hydrogens is 365 g/mol. The van der Waals surface area contributed by atoms with Gasteiger partial charge in [0.25, 0.3) is 0 Å². The highest BCUT2D eigenvalue weighted by atomic mass is 19.1. The molecule has 1 aromatic carbocycles. The summed E-state index contributed by atoms with van der Waals surface area (Å²) in [5.41, 5.74) is 2.27. The average Bonchev–Trinajstić information content (AvgIpc) is 3.30. The van der Waals surface area contributed by atoms with Gasteiger partial charge in [0.1, 0.15) is 28.8 Å². The summed E-state index contributed by atoms with van der Waals surface area (Å²) in [4.78, 5) is 4.31. The van der Waals surface area contributed by atoms with Crippen molar-refractivity contribution in [2.45, 2.75) is 19.5 Å². The number of phenolic OH excluding ortho intramolecular Hbond substituents is 1. The lowest BCUT2D eigenvalue weighted by atomic mass is 10.1. The number of aliphatic hydroxyl groups excluding tert-OH is 1. The number of nitrogens with zero attached hydrogens (tertiary/aromatic N) is 6. The molecular formula is C18H18FN7O2. The maximum Gasteiger partial charge on any atom is 0.154 e. The third kappa shape index (κ3) is 3.37. The molecule has 0 aliphatic carbocycles. The fraction of sp³-hybridized carbons (Fsp3) is 0.222. The number of rotatable bonds is 6. The van der Waals surface area contributed by atoms with Gasteiger partial charge in [-0.3, -0.25) is 0 Å². The molecule has 28 heavy (non-hydrogen) atoms. The third-order valence-corrected chi connectivity index (χ3v) is 4.31. The lowest BCUT2D eigenvalue weighted by molar-refractivity contribution is 0.268. The summed E-state index contributed by atoms with van der Waals surface area (Å²) in [7, 11) is 0. The van der Waals surface area contributed by atoms with E-state index in [9.17, 15) is 9.50 Å². The highest BCUT2D eigenvalue weighted by Crippen LogP contribution is 2.27. The minimum Gasteiger partial charge on any atom is -0.508 e. The van der Waals surface area contributed by atoms with Crippen LogP contribution >= 0.6 is 0 Å². The van der Waals surface area contributed by atoms with Crippen molar-refractivity contribution in [1.82, 2.24) is 29.6 Å². The summed E-state index contributed by atoms with van der Waals surface area (Å²) < 4.78 is 16.7. The van der Waals surface area contributed by atoms with E-state index >= 15 is 0 Å². The molecule has 0 saturated carbocycles. The average molecular weight is 383 g/mol. The van der Waals surface area contributed by atoms with E-state index in [-0.39, 0.29) is 18.4 Å². The van der Waals surface area contributed by atoms with Gasteiger partial charge in [-0.2, -0.15) is 0 Å². The molecule has 3 aromatic heterocycles. The molecule has 0 aliphatic heterocycles. The van der Waals surface area contributed by atoms with Gasteiger partial charge in [0.05, 0.1) is 31.6 Å². The Hall–Kier alpha value is -3.53. The van der Waals surface area contributed by atoms with E-state index in [1.54, 1.807) is 36.0 Å². The topological polar surface area (TPSA) is 113 Å². The fourth-order valence-corrected chi connectivity index (χ4v) is 2.92. The van der Waals surface area contributed by atoms with Gasteiger partial charge < -0.3 is 15.5 Å². The van der Waals surface area contributed by atoms with Crippen molar-refractivity contribution in [2.24, 2.45) is 0 Å². The van der Waals surface area contributed by atoms with Crippen LogP contribution in [0.4, 0.5) is 10.2 Å². The van der Waals surface area contributed by atoms with Crippen LogP contribution in [-0.2, 0) is 6.54 Å². The number of anilines is 1. The zero-order chi connectivity index (χ0) is 19.7. The molecule has 3 heterocycles. The van der Waals surface area contributed by atoms with Gasteiger partial charge in [0.15, 0.2) is 5.65 Å². The van der Waals surface area contributed by atoms with Crippen molar-refractivity contribution in [3.8, 4) is 17.1 Å². The SMILES string of the molecule is C[C@H](Nc1ccc2ncc(-c3cn(CCO)nn3)n2n1)c1cc(F)ccc1O. The summed E-state index contributed by atoms with van der Waals surface area (Å²) in [6, 6.07) is 6.98. The van der Waals surface area contributed by atoms with Gasteiger partial charge >= 0.3 is 0 Å². The lowest BCUT2D eigenvalue weighted by Crippen LogP contribution is -2.10. The quantitative estimate of drug-likeness (QED) is 0.467. The number of fused-ring (bicyclic) bond motifs is 1. The fourth-order valence-electron chi connectivity index (χ4n) is 2.92. The predicted octanol–water partition coefficient (Wildman–Crippen LogP) is 2.00. The normalized spacial score (nSPS) is 12.4. The molecule has 0 amide bonds. The zero-order valence-corrected chi connectivity index (χ0v) is 15.0. The van der Waals surface area contributed by atoms with Gasteiger partial charge in [-0.1, -0.05) is 5.21 Å². The van der Waals surface area contributed by atoms with Gasteiger partial charge in [0.2, 0.25) is 0 Å². The van der Waals surface area contributed by atoms with Crippen LogP contribution in [0.15, 0.2) is 42.7 Å². The number of halogens is 1. The number of nitrogens with one attached hydrogen (secondary N) is 1. The number of phenols is 1. The number of imidazole rings is 1. The maximum absolute atomic E-state index is 13.5. The summed E-state index contributed by atoms with van der Waals surface area (Å²) in [6.45, 7) is 2.11. The molecule has 3 N–H and O–H groups in total. The van der Waals surface area contributed by atoms with Gasteiger partial charge in [-0.15, -0.1) is 10.2 Å². The highest BCUT2D eigenvalue weighted by Gasteiger charge is 2.15. The van der Waals surface area contributed by atoms with Crippen LogP contribution in [0.5, 0.6) is 5.75 Å². The molecule has 1 atom stereocenters. The second-order valence-electron chi connectivity index (χ2n) is 6.29. The van der Waals surface area contributed by atoms with Crippen LogP contribution in [0, 0.1) is 5.82 Å². The van der Waals surface area contributed by atoms with E-state index in [1.807, 2.05) is 0 Å². The Bertz CT molecular complexity index is 1120. The second-order valence-corrected chi connectivity index (χ2v) is 6.29. The first-order chi connectivity index (χ1) is 13.5. The molecule has 0 spiro atoms. The first-order valence-electron chi connectivity index (χ1n) is 8.66. The number of hydrogen-bond donors (Lipinski definition) is 3. The Labute approximate surface area is 159 Å². The van der Waals surface area contributed by atoms with Crippen molar-refractivity contribution in [2.75, 3.05) is 11.9 Å². The summed E-state index contributed by atoms with van der Waals surface area (Å²) in [5.74, 6) is 0.102. The van der Waals surface area contributed by atoms with Crippen molar-refractivity contribution >= 4 is 11.5 Å². The van der Waals surface area contributed by atoms with E-state index in [4.69, 9.17) is 5.11 Å². The van der Waals surface area contributed by atoms with E-state index in [0.29, 0.717) is 35.0 Å². The molecule has 4 aromatic rings. The molecule has 0 radical (unpaired) electrons. The number of benzene rings is 1. The Morgan fingerprint density at radius 2 is 2.11 bits per heavy atom. The summed E-state index contributed by atoms with van der Waals surface area (Å²) in [6.07, 6.45) is 3.34. The van der Waals surface area contributed by atoms with Crippen LogP contribution in [0.3, 0.4) is 0 Å². The lowest BCUT2D eigenvalue weighted by Gasteiger charge is -2.16. The Kier molecular flexibility index (Phi) is 4.62. The molecule has 0 bridgehead atoms. The number of aromatic nitrogens is 6. The monoisotopic (exact) mass is 383 g/mol. The second kappa shape index (κ2) is 7.24. The Morgan fingerprint density at radius 3 is 2.93 bits per heavy atom. The predicted molar refractivity (Wildman–Crippen MR) is 99.2 cm³/mol. The molecule has 4 rings (SSSR count). The van der Waals surface area contributed by atoms with E-state index in [2.05, 4.69) is 25.7 Å². The summed E-state index contributed by atoms with van der Waals surface area (Å²) in [5, 5.41) is 34.7. The first-order valence-corrected chi connectivity index (χ1v) is 8.66. The van der Waals surface area contributed by atoms with Crippen molar-refractivity contribution < 1.29 is 14.6 Å². The van der Waals surface area contributed by atoms with Crippen LogP contribution in [-0.4, -0.2) is 46.4 Å². The standard InChI is InChI=1S/C18H18FN7O2/c1-11(13-8-12(19)2-3-16(13)28)21-17-4-5-18-20-9-15(26(18)23-17)14-10-25(6-7-27)24-22-14/h2-5,8-11,27-28H,6-7H2,1H3,(H,21,23)/t11-/m0/s1. The van der Waals surface area contributed by atoms with Crippen LogP contribution in [0.2, 0.25) is 0 Å². The number of aliphatic hydroxyl groups is 1.